The molecule has 0 fully saturated rings. The number of fused-ring (bicyclic) bond motifs is 2. The number of anilines is 1. The van der Waals surface area contributed by atoms with Crippen molar-refractivity contribution < 1.29 is 23.1 Å². The van der Waals surface area contributed by atoms with Gasteiger partial charge in [0, 0.05) is 28.3 Å². The minimum absolute atomic E-state index is 0.232. The summed E-state index contributed by atoms with van der Waals surface area (Å²) in [5.41, 5.74) is 4.64. The average molecular weight is 656 g/mol. The monoisotopic (exact) mass is 655 g/mol. The quantitative estimate of drug-likeness (QED) is 0.164. The van der Waals surface area contributed by atoms with Crippen molar-refractivity contribution in [2.75, 3.05) is 19.0 Å². The fourth-order valence-electron chi connectivity index (χ4n) is 5.75. The number of ether oxygens (including phenoxy) is 2. The fraction of sp³-hybridized carbons (Fsp3) is 0.105. The number of methoxy groups -OCH3 is 1. The second-order valence-corrected chi connectivity index (χ2v) is 11.3. The first-order valence-electron chi connectivity index (χ1n) is 15.4. The SMILES string of the molecule is COc1cccc2oc(-c3nc4ccccc4c(=O)n3N=Cc3cc(C)n(-c4ccc(OCC(=O)Nc5cccc(F)c5)cc4)c3C)cc12. The Morgan fingerprint density at radius 3 is 2.55 bits per heavy atom. The van der Waals surface area contributed by atoms with Crippen LogP contribution in [0.3, 0.4) is 0 Å². The molecule has 10 nitrogen and oxygen atoms in total. The molecule has 0 unspecified atom stereocenters. The highest BCUT2D eigenvalue weighted by Crippen LogP contribution is 2.33. The molecule has 3 aromatic heterocycles. The summed E-state index contributed by atoms with van der Waals surface area (Å²) in [5, 5.41) is 8.44. The summed E-state index contributed by atoms with van der Waals surface area (Å²) in [6, 6.07) is 29.4. The first-order chi connectivity index (χ1) is 23.8. The van der Waals surface area contributed by atoms with E-state index in [1.165, 1.54) is 22.9 Å². The number of rotatable bonds is 9. The zero-order chi connectivity index (χ0) is 34.1. The Labute approximate surface area is 279 Å². The van der Waals surface area contributed by atoms with Gasteiger partial charge in [0.05, 0.1) is 29.6 Å². The Morgan fingerprint density at radius 1 is 0.959 bits per heavy atom. The van der Waals surface area contributed by atoms with Crippen LogP contribution in [-0.4, -0.2) is 40.1 Å². The van der Waals surface area contributed by atoms with Crippen molar-refractivity contribution in [3.63, 3.8) is 0 Å². The maximum Gasteiger partial charge on any atom is 0.282 e. The first kappa shape index (κ1) is 31.1. The minimum Gasteiger partial charge on any atom is -0.496 e. The van der Waals surface area contributed by atoms with Crippen LogP contribution in [-0.2, 0) is 4.79 Å². The first-order valence-corrected chi connectivity index (χ1v) is 15.4. The van der Waals surface area contributed by atoms with Crippen LogP contribution in [0.5, 0.6) is 11.5 Å². The lowest BCUT2D eigenvalue weighted by atomic mass is 10.2. The molecule has 11 heteroatoms. The third kappa shape index (κ3) is 6.17. The summed E-state index contributed by atoms with van der Waals surface area (Å²) in [5.74, 6) is 0.934. The van der Waals surface area contributed by atoms with E-state index in [1.807, 2.05) is 56.3 Å². The average Bonchev–Trinajstić information content (AvgIpc) is 3.67. The zero-order valence-electron chi connectivity index (χ0n) is 26.8. The van der Waals surface area contributed by atoms with Crippen molar-refractivity contribution in [3.8, 4) is 28.8 Å². The number of nitrogens with zero attached hydrogens (tertiary/aromatic N) is 4. The summed E-state index contributed by atoms with van der Waals surface area (Å²) in [6.07, 6.45) is 1.64. The minimum atomic E-state index is -0.437. The van der Waals surface area contributed by atoms with E-state index < -0.39 is 11.7 Å². The molecule has 1 amide bonds. The van der Waals surface area contributed by atoms with Gasteiger partial charge in [-0.15, -0.1) is 0 Å². The van der Waals surface area contributed by atoms with Crippen molar-refractivity contribution in [2.45, 2.75) is 13.8 Å². The number of benzene rings is 4. The van der Waals surface area contributed by atoms with Gasteiger partial charge in [0.2, 0.25) is 5.82 Å². The molecule has 4 aromatic carbocycles. The molecular formula is C38H30FN5O5. The number of hydrogen-bond donors (Lipinski definition) is 1. The number of para-hydroxylation sites is 1. The number of amides is 1. The topological polar surface area (TPSA) is 113 Å². The fourth-order valence-corrected chi connectivity index (χ4v) is 5.75. The smallest absolute Gasteiger partial charge is 0.282 e. The largest absolute Gasteiger partial charge is 0.496 e. The Balaban J connectivity index is 1.16. The van der Waals surface area contributed by atoms with Crippen molar-refractivity contribution in [3.05, 3.63) is 136 Å². The van der Waals surface area contributed by atoms with Crippen molar-refractivity contribution >= 4 is 39.7 Å². The lowest BCUT2D eigenvalue weighted by Crippen LogP contribution is -2.20. The van der Waals surface area contributed by atoms with E-state index in [-0.39, 0.29) is 18.0 Å². The Morgan fingerprint density at radius 2 is 1.76 bits per heavy atom. The lowest BCUT2D eigenvalue weighted by Gasteiger charge is -2.12. The molecule has 0 aliphatic rings. The highest BCUT2D eigenvalue weighted by molar-refractivity contribution is 5.92. The molecule has 3 heterocycles. The third-order valence-electron chi connectivity index (χ3n) is 8.07. The van der Waals surface area contributed by atoms with Crippen LogP contribution in [0, 0.1) is 19.7 Å². The van der Waals surface area contributed by atoms with Crippen LogP contribution >= 0.6 is 0 Å². The molecule has 0 spiro atoms. The van der Waals surface area contributed by atoms with Crippen molar-refractivity contribution in [2.24, 2.45) is 5.10 Å². The summed E-state index contributed by atoms with van der Waals surface area (Å²) in [4.78, 5) is 30.8. The van der Waals surface area contributed by atoms with Crippen LogP contribution < -0.4 is 20.3 Å². The van der Waals surface area contributed by atoms with E-state index in [0.29, 0.717) is 39.4 Å². The highest BCUT2D eigenvalue weighted by Gasteiger charge is 2.18. The molecule has 0 bridgehead atoms. The Bertz CT molecular complexity index is 2440. The van der Waals surface area contributed by atoms with Gasteiger partial charge in [-0.1, -0.05) is 24.3 Å². The molecule has 0 radical (unpaired) electrons. The van der Waals surface area contributed by atoms with Gasteiger partial charge in [-0.3, -0.25) is 9.59 Å². The molecule has 49 heavy (non-hydrogen) atoms. The number of nitrogens with one attached hydrogen (secondary N) is 1. The van der Waals surface area contributed by atoms with E-state index in [9.17, 15) is 14.0 Å². The molecule has 0 saturated carbocycles. The van der Waals surface area contributed by atoms with E-state index in [2.05, 4.69) is 15.0 Å². The summed E-state index contributed by atoms with van der Waals surface area (Å²) in [7, 11) is 1.59. The normalized spacial score (nSPS) is 11.4. The maximum atomic E-state index is 13.8. The van der Waals surface area contributed by atoms with Gasteiger partial charge in [0.1, 0.15) is 22.9 Å². The van der Waals surface area contributed by atoms with Crippen molar-refractivity contribution in [1.29, 1.82) is 0 Å². The molecule has 7 aromatic rings. The van der Waals surface area contributed by atoms with E-state index in [1.54, 1.807) is 55.8 Å². The van der Waals surface area contributed by atoms with Gasteiger partial charge >= 0.3 is 0 Å². The summed E-state index contributed by atoms with van der Waals surface area (Å²) < 4.78 is 34.0. The Kier molecular flexibility index (Phi) is 8.23. The molecule has 0 atom stereocenters. The molecule has 0 aliphatic heterocycles. The van der Waals surface area contributed by atoms with Crippen molar-refractivity contribution in [1.82, 2.24) is 14.2 Å². The number of aryl methyl sites for hydroxylation is 1. The van der Waals surface area contributed by atoms with E-state index in [0.717, 1.165) is 28.0 Å². The molecule has 7 rings (SSSR count). The second-order valence-electron chi connectivity index (χ2n) is 11.3. The van der Waals surface area contributed by atoms with Gasteiger partial charge in [-0.05, 0) is 92.7 Å². The van der Waals surface area contributed by atoms with Crippen LogP contribution in [0.2, 0.25) is 0 Å². The molecule has 1 N–H and O–H groups in total. The number of carbonyl (C=O) groups excluding carboxylic acids is 1. The standard InChI is InChI=1S/C38H30FN5O5/c1-23-18-25(24(2)43(23)28-14-16-29(17-15-28)48-22-36(45)41-27-9-6-8-26(39)19-27)21-40-44-37(42-32-11-5-4-10-30(32)38(44)46)35-20-31-33(47-3)12-7-13-34(31)49-35/h4-21H,22H2,1-3H3,(H,41,45). The van der Waals surface area contributed by atoms with Gasteiger partial charge < -0.3 is 23.8 Å². The Hall–Kier alpha value is -6.49. The van der Waals surface area contributed by atoms with E-state index >= 15 is 0 Å². The summed E-state index contributed by atoms with van der Waals surface area (Å²) in [6.45, 7) is 3.70. The van der Waals surface area contributed by atoms with Crippen LogP contribution in [0.1, 0.15) is 17.0 Å². The molecular weight excluding hydrogens is 625 g/mol. The van der Waals surface area contributed by atoms with E-state index in [4.69, 9.17) is 18.9 Å². The zero-order valence-corrected chi connectivity index (χ0v) is 26.8. The lowest BCUT2D eigenvalue weighted by molar-refractivity contribution is -0.118. The molecule has 0 aliphatic carbocycles. The third-order valence-corrected chi connectivity index (χ3v) is 8.07. The predicted octanol–water partition coefficient (Wildman–Crippen LogP) is 7.26. The predicted molar refractivity (Wildman–Crippen MR) is 187 cm³/mol. The second kappa shape index (κ2) is 13.0. The molecule has 244 valence electrons. The number of aromatic nitrogens is 3. The number of hydrogen-bond acceptors (Lipinski definition) is 7. The van der Waals surface area contributed by atoms with Crippen LogP contribution in [0.15, 0.2) is 117 Å². The van der Waals surface area contributed by atoms with Gasteiger partial charge in [0.25, 0.3) is 11.5 Å². The molecule has 0 saturated heterocycles. The van der Waals surface area contributed by atoms with Gasteiger partial charge in [-0.25, -0.2) is 9.37 Å². The van der Waals surface area contributed by atoms with Crippen LogP contribution in [0.4, 0.5) is 10.1 Å². The number of carbonyl (C=O) groups is 1. The van der Waals surface area contributed by atoms with Gasteiger partial charge in [-0.2, -0.15) is 9.78 Å². The van der Waals surface area contributed by atoms with Crippen LogP contribution in [0.25, 0.3) is 39.1 Å². The maximum absolute atomic E-state index is 13.8. The number of halogens is 1. The summed E-state index contributed by atoms with van der Waals surface area (Å²) >= 11 is 0. The van der Waals surface area contributed by atoms with Gasteiger partial charge in [0.15, 0.2) is 12.4 Å². The number of furan rings is 1. The highest BCUT2D eigenvalue weighted by atomic mass is 19.1.